The number of carbonyl (C=O) groups is 1. The highest BCUT2D eigenvalue weighted by atomic mass is 127. The molecule has 0 spiro atoms. The zero-order valence-electron chi connectivity index (χ0n) is 19.4. The number of nitrogens with zero attached hydrogens (tertiary/aromatic N) is 4. The number of nitrogens with one attached hydrogen (secondary N) is 1. The van der Waals surface area contributed by atoms with E-state index in [9.17, 15) is 13.6 Å². The van der Waals surface area contributed by atoms with E-state index in [1.165, 1.54) is 12.1 Å². The van der Waals surface area contributed by atoms with Crippen LogP contribution in [-0.2, 0) is 6.54 Å². The summed E-state index contributed by atoms with van der Waals surface area (Å²) in [6, 6.07) is 11.1. The Bertz CT molecular complexity index is 942. The van der Waals surface area contributed by atoms with Gasteiger partial charge in [0.05, 0.1) is 5.69 Å². The van der Waals surface area contributed by atoms with Gasteiger partial charge < -0.3 is 20.0 Å². The van der Waals surface area contributed by atoms with E-state index in [1.807, 2.05) is 43.0 Å². The van der Waals surface area contributed by atoms with E-state index in [2.05, 4.69) is 15.2 Å². The fourth-order valence-corrected chi connectivity index (χ4v) is 3.86. The van der Waals surface area contributed by atoms with Crippen molar-refractivity contribution in [2.75, 3.05) is 51.2 Å². The molecule has 1 aliphatic rings. The molecule has 1 aliphatic heterocycles. The van der Waals surface area contributed by atoms with Crippen LogP contribution in [0.2, 0.25) is 0 Å². The lowest BCUT2D eigenvalue weighted by atomic mass is 10.1. The minimum Gasteiger partial charge on any atom is -0.366 e. The summed E-state index contributed by atoms with van der Waals surface area (Å²) >= 11 is 0. The standard InChI is InChI=1S/C24H31F2N5O.HI/c1-4-29(5-2)23(32)19-8-6-18(7-9-19)17-28-24(27-3)31-14-12-30(13-15-31)22-16-20(25)10-11-21(22)26;/h6-11,16H,4-5,12-15,17H2,1-3H3,(H,27,28);1H. The first-order chi connectivity index (χ1) is 15.5. The van der Waals surface area contributed by atoms with Crippen LogP contribution in [-0.4, -0.2) is 68.0 Å². The van der Waals surface area contributed by atoms with Gasteiger partial charge in [-0.15, -0.1) is 24.0 Å². The maximum Gasteiger partial charge on any atom is 0.253 e. The van der Waals surface area contributed by atoms with Crippen molar-refractivity contribution in [3.8, 4) is 0 Å². The summed E-state index contributed by atoms with van der Waals surface area (Å²) in [5.74, 6) is -0.0537. The molecule has 0 saturated carbocycles. The van der Waals surface area contributed by atoms with Crippen LogP contribution in [0, 0.1) is 11.6 Å². The van der Waals surface area contributed by atoms with Gasteiger partial charge in [0.1, 0.15) is 11.6 Å². The van der Waals surface area contributed by atoms with Gasteiger partial charge in [0.2, 0.25) is 0 Å². The molecular weight excluding hydrogens is 539 g/mol. The second-order valence-corrected chi connectivity index (χ2v) is 7.64. The van der Waals surface area contributed by atoms with E-state index >= 15 is 0 Å². The zero-order valence-corrected chi connectivity index (χ0v) is 21.7. The molecule has 2 aromatic rings. The van der Waals surface area contributed by atoms with Gasteiger partial charge in [-0.05, 0) is 43.7 Å². The van der Waals surface area contributed by atoms with E-state index in [1.54, 1.807) is 11.9 Å². The quantitative estimate of drug-likeness (QED) is 0.324. The first-order valence-corrected chi connectivity index (χ1v) is 11.0. The molecule has 0 unspecified atom stereocenters. The highest BCUT2D eigenvalue weighted by Gasteiger charge is 2.22. The zero-order chi connectivity index (χ0) is 23.1. The largest absolute Gasteiger partial charge is 0.366 e. The highest BCUT2D eigenvalue weighted by Crippen LogP contribution is 2.22. The van der Waals surface area contributed by atoms with Gasteiger partial charge in [-0.3, -0.25) is 9.79 Å². The Morgan fingerprint density at radius 1 is 1.03 bits per heavy atom. The molecule has 0 bridgehead atoms. The average molecular weight is 571 g/mol. The van der Waals surface area contributed by atoms with E-state index in [-0.39, 0.29) is 29.9 Å². The molecule has 1 N–H and O–H groups in total. The Labute approximate surface area is 211 Å². The minimum absolute atomic E-state index is 0. The van der Waals surface area contributed by atoms with Crippen molar-refractivity contribution in [2.45, 2.75) is 20.4 Å². The van der Waals surface area contributed by atoms with Gasteiger partial charge in [-0.2, -0.15) is 0 Å². The number of piperazine rings is 1. The number of hydrogen-bond donors (Lipinski definition) is 1. The van der Waals surface area contributed by atoms with Crippen molar-refractivity contribution in [3.63, 3.8) is 0 Å². The van der Waals surface area contributed by atoms with Crippen molar-refractivity contribution >= 4 is 41.5 Å². The number of hydrogen-bond acceptors (Lipinski definition) is 3. The normalized spacial score (nSPS) is 14.0. The van der Waals surface area contributed by atoms with Gasteiger partial charge in [0.25, 0.3) is 5.91 Å². The third kappa shape index (κ3) is 6.78. The molecule has 33 heavy (non-hydrogen) atoms. The average Bonchev–Trinajstić information content (AvgIpc) is 2.82. The Hall–Kier alpha value is -2.43. The van der Waals surface area contributed by atoms with Crippen LogP contribution in [0.5, 0.6) is 0 Å². The predicted octanol–water partition coefficient (Wildman–Crippen LogP) is 3.96. The third-order valence-corrected chi connectivity index (χ3v) is 5.74. The van der Waals surface area contributed by atoms with Gasteiger partial charge in [-0.25, -0.2) is 8.78 Å². The minimum atomic E-state index is -0.439. The Morgan fingerprint density at radius 2 is 1.67 bits per heavy atom. The van der Waals surface area contributed by atoms with Gasteiger partial charge in [-0.1, -0.05) is 12.1 Å². The van der Waals surface area contributed by atoms with E-state index in [0.29, 0.717) is 57.1 Å². The second kappa shape index (κ2) is 12.7. The molecule has 180 valence electrons. The molecule has 1 saturated heterocycles. The number of benzene rings is 2. The molecule has 0 aliphatic carbocycles. The smallest absolute Gasteiger partial charge is 0.253 e. The first kappa shape index (κ1) is 26.8. The number of halogens is 3. The molecule has 1 amide bonds. The summed E-state index contributed by atoms with van der Waals surface area (Å²) in [7, 11) is 1.73. The molecule has 9 heteroatoms. The van der Waals surface area contributed by atoms with Crippen LogP contribution in [0.1, 0.15) is 29.8 Å². The lowest BCUT2D eigenvalue weighted by molar-refractivity contribution is 0.0773. The number of carbonyl (C=O) groups excluding carboxylic acids is 1. The van der Waals surface area contributed by atoms with E-state index < -0.39 is 11.6 Å². The molecule has 0 radical (unpaired) electrons. The van der Waals surface area contributed by atoms with Gasteiger partial charge in [0.15, 0.2) is 5.96 Å². The van der Waals surface area contributed by atoms with Crippen LogP contribution >= 0.6 is 24.0 Å². The highest BCUT2D eigenvalue weighted by molar-refractivity contribution is 14.0. The summed E-state index contributed by atoms with van der Waals surface area (Å²) in [4.78, 5) is 22.6. The maximum absolute atomic E-state index is 14.1. The molecule has 0 atom stereocenters. The van der Waals surface area contributed by atoms with Crippen LogP contribution in [0.4, 0.5) is 14.5 Å². The van der Waals surface area contributed by atoms with Crippen LogP contribution < -0.4 is 10.2 Å². The van der Waals surface area contributed by atoms with Gasteiger partial charge in [0, 0.05) is 64.5 Å². The maximum atomic E-state index is 14.1. The SMILES string of the molecule is CCN(CC)C(=O)c1ccc(CNC(=NC)N2CCN(c3cc(F)ccc3F)CC2)cc1.I. The first-order valence-electron chi connectivity index (χ1n) is 11.0. The molecule has 6 nitrogen and oxygen atoms in total. The molecule has 1 fully saturated rings. The van der Waals surface area contributed by atoms with Crippen molar-refractivity contribution in [1.29, 1.82) is 0 Å². The number of amides is 1. The van der Waals surface area contributed by atoms with Crippen molar-refractivity contribution in [1.82, 2.24) is 15.1 Å². The van der Waals surface area contributed by atoms with Crippen molar-refractivity contribution in [3.05, 3.63) is 65.2 Å². The lowest BCUT2D eigenvalue weighted by Gasteiger charge is -2.37. The predicted molar refractivity (Wildman–Crippen MR) is 139 cm³/mol. The van der Waals surface area contributed by atoms with E-state index in [4.69, 9.17) is 0 Å². The van der Waals surface area contributed by atoms with Crippen LogP contribution in [0.25, 0.3) is 0 Å². The molecule has 1 heterocycles. The summed E-state index contributed by atoms with van der Waals surface area (Å²) in [5.41, 5.74) is 2.03. The molecule has 3 rings (SSSR count). The Balaban J connectivity index is 0.00000385. The monoisotopic (exact) mass is 571 g/mol. The Kier molecular flexibility index (Phi) is 10.3. The number of rotatable bonds is 6. The van der Waals surface area contributed by atoms with Crippen LogP contribution in [0.3, 0.4) is 0 Å². The number of aliphatic imine (C=N–C) groups is 1. The molecule has 2 aromatic carbocycles. The topological polar surface area (TPSA) is 51.2 Å². The van der Waals surface area contributed by atoms with Crippen LogP contribution in [0.15, 0.2) is 47.5 Å². The number of anilines is 1. The fourth-order valence-electron chi connectivity index (χ4n) is 3.86. The fraction of sp³-hybridized carbons (Fsp3) is 0.417. The summed E-state index contributed by atoms with van der Waals surface area (Å²) in [6.07, 6.45) is 0. The summed E-state index contributed by atoms with van der Waals surface area (Å²) in [5, 5.41) is 3.35. The van der Waals surface area contributed by atoms with Crippen molar-refractivity contribution < 1.29 is 13.6 Å². The summed E-state index contributed by atoms with van der Waals surface area (Å²) < 4.78 is 27.6. The molecular formula is C24H32F2IN5O. The van der Waals surface area contributed by atoms with E-state index in [0.717, 1.165) is 17.6 Å². The van der Waals surface area contributed by atoms with Crippen molar-refractivity contribution in [2.24, 2.45) is 4.99 Å². The third-order valence-electron chi connectivity index (χ3n) is 5.74. The lowest BCUT2D eigenvalue weighted by Crippen LogP contribution is -2.52. The summed E-state index contributed by atoms with van der Waals surface area (Å²) in [6.45, 7) is 8.33. The Morgan fingerprint density at radius 3 is 2.24 bits per heavy atom. The molecule has 0 aromatic heterocycles. The second-order valence-electron chi connectivity index (χ2n) is 7.64. The number of guanidine groups is 1. The van der Waals surface area contributed by atoms with Gasteiger partial charge >= 0.3 is 0 Å².